The van der Waals surface area contributed by atoms with Crippen LogP contribution < -0.4 is 0 Å². The van der Waals surface area contributed by atoms with Gasteiger partial charge in [-0.15, -0.1) is 0 Å². The third kappa shape index (κ3) is 2.66. The van der Waals surface area contributed by atoms with Gasteiger partial charge in [0, 0.05) is 10.4 Å². The van der Waals surface area contributed by atoms with E-state index < -0.39 is 0 Å². The average molecular weight is 447 g/mol. The second-order valence-corrected chi connectivity index (χ2v) is 8.72. The molecule has 0 aromatic heterocycles. The van der Waals surface area contributed by atoms with Crippen LogP contribution in [0.1, 0.15) is 22.6 Å². The van der Waals surface area contributed by atoms with Gasteiger partial charge in [-0.3, -0.25) is 0 Å². The Morgan fingerprint density at radius 3 is 1.70 bits per heavy atom. The molecule has 0 atom stereocenters. The first-order valence-electron chi connectivity index (χ1n) is 10.3. The van der Waals surface area contributed by atoms with Crippen LogP contribution in [0.15, 0.2) is 114 Å². The third-order valence-corrected chi connectivity index (χ3v) is 6.95. The van der Waals surface area contributed by atoms with Gasteiger partial charge in [-0.25, -0.2) is 0 Å². The van der Waals surface area contributed by atoms with Gasteiger partial charge in [-0.2, -0.15) is 0 Å². The van der Waals surface area contributed by atoms with Crippen molar-refractivity contribution in [3.05, 3.63) is 130 Å². The molecule has 0 nitrogen and oxygen atoms in total. The monoisotopic (exact) mass is 446 g/mol. The Balaban J connectivity index is 1.47. The summed E-state index contributed by atoms with van der Waals surface area (Å²) in [6.45, 7) is 0. The van der Waals surface area contributed by atoms with Crippen molar-refractivity contribution in [3.63, 3.8) is 0 Å². The molecule has 30 heavy (non-hydrogen) atoms. The van der Waals surface area contributed by atoms with Gasteiger partial charge >= 0.3 is 0 Å². The maximum atomic E-state index is 3.69. The van der Waals surface area contributed by atoms with Crippen LogP contribution >= 0.6 is 15.9 Å². The van der Waals surface area contributed by atoms with Crippen molar-refractivity contribution in [2.75, 3.05) is 0 Å². The van der Waals surface area contributed by atoms with E-state index in [1.54, 1.807) is 0 Å². The van der Waals surface area contributed by atoms with Crippen LogP contribution in [-0.2, 0) is 0 Å². The topological polar surface area (TPSA) is 0 Å². The molecule has 0 N–H and O–H groups in total. The molecule has 5 aromatic rings. The maximum Gasteiger partial charge on any atom is 0.0352 e. The number of rotatable bonds is 2. The number of halogens is 1. The predicted molar refractivity (Wildman–Crippen MR) is 130 cm³/mol. The summed E-state index contributed by atoms with van der Waals surface area (Å²) in [7, 11) is 0. The fourth-order valence-electron chi connectivity index (χ4n) is 4.88. The van der Waals surface area contributed by atoms with Crippen LogP contribution in [0.4, 0.5) is 0 Å². The van der Waals surface area contributed by atoms with E-state index in [9.17, 15) is 0 Å². The zero-order chi connectivity index (χ0) is 20.1. The van der Waals surface area contributed by atoms with Crippen LogP contribution in [0.25, 0.3) is 33.0 Å². The highest BCUT2D eigenvalue weighted by Gasteiger charge is 2.29. The second kappa shape index (κ2) is 6.97. The van der Waals surface area contributed by atoms with Crippen LogP contribution in [0.2, 0.25) is 0 Å². The summed E-state index contributed by atoms with van der Waals surface area (Å²) >= 11 is 3.69. The normalized spacial score (nSPS) is 12.7. The van der Waals surface area contributed by atoms with Gasteiger partial charge in [-0.05, 0) is 55.8 Å². The van der Waals surface area contributed by atoms with E-state index in [1.807, 2.05) is 0 Å². The summed E-state index contributed by atoms with van der Waals surface area (Å²) in [6.07, 6.45) is 0. The second-order valence-electron chi connectivity index (χ2n) is 7.87. The van der Waals surface area contributed by atoms with Gasteiger partial charge in [0.2, 0.25) is 0 Å². The molecule has 1 aliphatic rings. The molecule has 0 radical (unpaired) electrons. The SMILES string of the molecule is Brc1ccc(-c2ccc(C3c4ccccc4-c4ccccc43)cc2)c2ccccc12. The molecule has 0 bridgehead atoms. The summed E-state index contributed by atoms with van der Waals surface area (Å²) in [5.74, 6) is 0.299. The Kier molecular flexibility index (Phi) is 4.11. The quantitative estimate of drug-likeness (QED) is 0.250. The van der Waals surface area contributed by atoms with E-state index in [2.05, 4.69) is 125 Å². The van der Waals surface area contributed by atoms with Crippen molar-refractivity contribution >= 4 is 26.7 Å². The highest BCUT2D eigenvalue weighted by Crippen LogP contribution is 2.48. The molecule has 0 heterocycles. The Morgan fingerprint density at radius 2 is 1.03 bits per heavy atom. The Hall–Kier alpha value is -3.16. The average Bonchev–Trinajstić information content (AvgIpc) is 3.14. The minimum absolute atomic E-state index is 0.299. The number of fused-ring (bicyclic) bond motifs is 4. The minimum Gasteiger partial charge on any atom is -0.0619 e. The van der Waals surface area contributed by atoms with E-state index >= 15 is 0 Å². The molecule has 0 fully saturated rings. The molecule has 0 spiro atoms. The summed E-state index contributed by atoms with van der Waals surface area (Å²) in [4.78, 5) is 0. The molecule has 0 saturated carbocycles. The molecule has 0 amide bonds. The van der Waals surface area contributed by atoms with Crippen molar-refractivity contribution in [3.8, 4) is 22.3 Å². The van der Waals surface area contributed by atoms with Gasteiger partial charge in [0.25, 0.3) is 0 Å². The fourth-order valence-corrected chi connectivity index (χ4v) is 5.36. The summed E-state index contributed by atoms with van der Waals surface area (Å²) in [5, 5.41) is 2.52. The molecule has 1 aliphatic carbocycles. The van der Waals surface area contributed by atoms with Crippen LogP contribution in [-0.4, -0.2) is 0 Å². The fraction of sp³-hybridized carbons (Fsp3) is 0.0345. The number of hydrogen-bond donors (Lipinski definition) is 0. The third-order valence-electron chi connectivity index (χ3n) is 6.26. The van der Waals surface area contributed by atoms with E-state index in [0.29, 0.717) is 5.92 Å². The summed E-state index contributed by atoms with van der Waals surface area (Å²) < 4.78 is 1.14. The zero-order valence-corrected chi connectivity index (χ0v) is 17.9. The molecule has 0 aliphatic heterocycles. The molecule has 1 heteroatoms. The molecule has 142 valence electrons. The number of benzene rings is 5. The van der Waals surface area contributed by atoms with E-state index in [0.717, 1.165) is 4.47 Å². The largest absolute Gasteiger partial charge is 0.0619 e. The summed E-state index contributed by atoms with van der Waals surface area (Å²) in [5.41, 5.74) is 9.40. The first-order valence-corrected chi connectivity index (χ1v) is 11.1. The lowest BCUT2D eigenvalue weighted by molar-refractivity contribution is 1.02. The standard InChI is InChI=1S/C29H19Br/c30-28-18-17-21(22-7-1-4-10-25(22)28)19-13-15-20(16-14-19)29-26-11-5-2-8-23(26)24-9-3-6-12-27(24)29/h1-18,29H. The first kappa shape index (κ1) is 17.7. The zero-order valence-electron chi connectivity index (χ0n) is 16.3. The van der Waals surface area contributed by atoms with Gasteiger partial charge in [0.1, 0.15) is 0 Å². The Bertz CT molecular complexity index is 1350. The highest BCUT2D eigenvalue weighted by atomic mass is 79.9. The predicted octanol–water partition coefficient (Wildman–Crippen LogP) is 8.43. The molecule has 6 rings (SSSR count). The molecule has 0 unspecified atom stereocenters. The van der Waals surface area contributed by atoms with Gasteiger partial charge < -0.3 is 0 Å². The maximum absolute atomic E-state index is 3.69. The molecular weight excluding hydrogens is 428 g/mol. The van der Waals surface area contributed by atoms with E-state index in [-0.39, 0.29) is 0 Å². The highest BCUT2D eigenvalue weighted by molar-refractivity contribution is 9.10. The molecule has 5 aromatic carbocycles. The minimum atomic E-state index is 0.299. The van der Waals surface area contributed by atoms with Gasteiger partial charge in [-0.1, -0.05) is 119 Å². The van der Waals surface area contributed by atoms with E-state index in [4.69, 9.17) is 0 Å². The van der Waals surface area contributed by atoms with Crippen molar-refractivity contribution in [1.82, 2.24) is 0 Å². The lowest BCUT2D eigenvalue weighted by atomic mass is 9.88. The smallest absolute Gasteiger partial charge is 0.0352 e. The lowest BCUT2D eigenvalue weighted by Crippen LogP contribution is -1.99. The van der Waals surface area contributed by atoms with Crippen molar-refractivity contribution in [2.24, 2.45) is 0 Å². The van der Waals surface area contributed by atoms with Crippen molar-refractivity contribution < 1.29 is 0 Å². The van der Waals surface area contributed by atoms with Gasteiger partial charge in [0.05, 0.1) is 0 Å². The lowest BCUT2D eigenvalue weighted by Gasteiger charge is -2.15. The van der Waals surface area contributed by atoms with Crippen molar-refractivity contribution in [1.29, 1.82) is 0 Å². The first-order chi connectivity index (χ1) is 14.8. The van der Waals surface area contributed by atoms with Gasteiger partial charge in [0.15, 0.2) is 0 Å². The van der Waals surface area contributed by atoms with E-state index in [1.165, 1.54) is 49.7 Å². The van der Waals surface area contributed by atoms with Crippen molar-refractivity contribution in [2.45, 2.75) is 5.92 Å². The van der Waals surface area contributed by atoms with Crippen LogP contribution in [0.3, 0.4) is 0 Å². The Labute approximate surface area is 185 Å². The Morgan fingerprint density at radius 1 is 0.467 bits per heavy atom. The van der Waals surface area contributed by atoms with Crippen LogP contribution in [0.5, 0.6) is 0 Å². The molecular formula is C29H19Br. The number of hydrogen-bond acceptors (Lipinski definition) is 0. The van der Waals surface area contributed by atoms with Crippen LogP contribution in [0, 0.1) is 0 Å². The molecule has 0 saturated heterocycles. The summed E-state index contributed by atoms with van der Waals surface area (Å²) in [6, 6.07) is 39.7.